The van der Waals surface area contributed by atoms with E-state index in [1.54, 1.807) is 17.1 Å². The summed E-state index contributed by atoms with van der Waals surface area (Å²) in [5, 5.41) is 7.08. The molecule has 1 aliphatic heterocycles. The largest absolute Gasteiger partial charge is 0.396 e. The molecule has 1 saturated heterocycles. The molecule has 0 unspecified atom stereocenters. The van der Waals surface area contributed by atoms with E-state index in [1.807, 2.05) is 0 Å². The van der Waals surface area contributed by atoms with Crippen LogP contribution in [0.5, 0.6) is 0 Å². The number of likely N-dealkylation sites (tertiary alicyclic amines) is 1. The van der Waals surface area contributed by atoms with E-state index >= 15 is 0 Å². The summed E-state index contributed by atoms with van der Waals surface area (Å²) in [5.41, 5.74) is 6.15. The van der Waals surface area contributed by atoms with Crippen LogP contribution in [0.15, 0.2) is 12.4 Å². The number of nitrogens with two attached hydrogens (primary N) is 1. The molecule has 2 rings (SSSR count). The third-order valence-corrected chi connectivity index (χ3v) is 3.45. The van der Waals surface area contributed by atoms with Crippen LogP contribution in [-0.2, 0) is 11.3 Å². The van der Waals surface area contributed by atoms with E-state index in [0.29, 0.717) is 11.7 Å². The van der Waals surface area contributed by atoms with Gasteiger partial charge in [-0.25, -0.2) is 0 Å². The molecule has 0 aliphatic carbocycles. The van der Waals surface area contributed by atoms with Gasteiger partial charge in [0.1, 0.15) is 6.54 Å². The number of carbonyl (C=O) groups is 1. The Hall–Kier alpha value is -1.56. The maximum absolute atomic E-state index is 11.9. The minimum atomic E-state index is 0.0111. The van der Waals surface area contributed by atoms with E-state index in [2.05, 4.69) is 22.2 Å². The van der Waals surface area contributed by atoms with Gasteiger partial charge in [-0.15, -0.1) is 0 Å². The minimum absolute atomic E-state index is 0.0111. The fourth-order valence-electron chi connectivity index (χ4n) is 2.50. The van der Waals surface area contributed by atoms with Crippen LogP contribution in [0.2, 0.25) is 0 Å². The zero-order valence-electron chi connectivity index (χ0n) is 11.5. The highest BCUT2D eigenvalue weighted by atomic mass is 16.2. The lowest BCUT2D eigenvalue weighted by Crippen LogP contribution is -2.45. The SMILES string of the molecule is CCCN1CCC(NC(=O)Cn2cc(N)cn2)CC1. The average molecular weight is 265 g/mol. The van der Waals surface area contributed by atoms with E-state index in [9.17, 15) is 4.79 Å². The zero-order valence-corrected chi connectivity index (χ0v) is 11.5. The molecule has 0 bridgehead atoms. The molecule has 0 aromatic carbocycles. The second kappa shape index (κ2) is 6.56. The summed E-state index contributed by atoms with van der Waals surface area (Å²) in [6, 6.07) is 0.300. The van der Waals surface area contributed by atoms with Crippen molar-refractivity contribution in [2.24, 2.45) is 0 Å². The summed E-state index contributed by atoms with van der Waals surface area (Å²) in [7, 11) is 0. The van der Waals surface area contributed by atoms with Crippen LogP contribution in [0.1, 0.15) is 26.2 Å². The molecule has 106 valence electrons. The molecule has 0 spiro atoms. The van der Waals surface area contributed by atoms with Crippen molar-refractivity contribution in [2.45, 2.75) is 38.8 Å². The Kier molecular flexibility index (Phi) is 4.79. The van der Waals surface area contributed by atoms with Gasteiger partial charge in [0.25, 0.3) is 0 Å². The lowest BCUT2D eigenvalue weighted by atomic mass is 10.0. The van der Waals surface area contributed by atoms with Crippen LogP contribution in [0.4, 0.5) is 5.69 Å². The topological polar surface area (TPSA) is 76.2 Å². The summed E-state index contributed by atoms with van der Waals surface area (Å²) in [6.07, 6.45) is 6.48. The van der Waals surface area contributed by atoms with Crippen LogP contribution in [0, 0.1) is 0 Å². The summed E-state index contributed by atoms with van der Waals surface area (Å²) in [5.74, 6) is 0.0111. The second-order valence-electron chi connectivity index (χ2n) is 5.15. The number of rotatable bonds is 5. The molecule has 2 heterocycles. The molecule has 1 aromatic rings. The first kappa shape index (κ1) is 13.9. The molecule has 3 N–H and O–H groups in total. The average Bonchev–Trinajstić information content (AvgIpc) is 2.77. The Morgan fingerprint density at radius 3 is 2.84 bits per heavy atom. The molecule has 1 aromatic heterocycles. The third kappa shape index (κ3) is 4.24. The fraction of sp³-hybridized carbons (Fsp3) is 0.692. The maximum atomic E-state index is 11.9. The van der Waals surface area contributed by atoms with Gasteiger partial charge in [-0.3, -0.25) is 9.48 Å². The zero-order chi connectivity index (χ0) is 13.7. The van der Waals surface area contributed by atoms with Crippen LogP contribution in [0.25, 0.3) is 0 Å². The van der Waals surface area contributed by atoms with E-state index in [-0.39, 0.29) is 12.5 Å². The van der Waals surface area contributed by atoms with Crippen molar-refractivity contribution in [2.75, 3.05) is 25.4 Å². The van der Waals surface area contributed by atoms with Crippen LogP contribution in [-0.4, -0.2) is 46.3 Å². The van der Waals surface area contributed by atoms with Crippen molar-refractivity contribution in [3.05, 3.63) is 12.4 Å². The van der Waals surface area contributed by atoms with Crippen molar-refractivity contribution in [3.8, 4) is 0 Å². The molecule has 6 nitrogen and oxygen atoms in total. The number of nitrogen functional groups attached to an aromatic ring is 1. The van der Waals surface area contributed by atoms with Gasteiger partial charge in [-0.2, -0.15) is 5.10 Å². The molecular weight excluding hydrogens is 242 g/mol. The number of carbonyl (C=O) groups excluding carboxylic acids is 1. The lowest BCUT2D eigenvalue weighted by molar-refractivity contribution is -0.122. The molecule has 1 amide bonds. The second-order valence-corrected chi connectivity index (χ2v) is 5.15. The third-order valence-electron chi connectivity index (χ3n) is 3.45. The number of anilines is 1. The highest BCUT2D eigenvalue weighted by molar-refractivity contribution is 5.76. The Morgan fingerprint density at radius 2 is 2.26 bits per heavy atom. The quantitative estimate of drug-likeness (QED) is 0.811. The number of nitrogens with one attached hydrogen (secondary N) is 1. The number of amides is 1. The molecule has 6 heteroatoms. The molecular formula is C13H23N5O. The van der Waals surface area contributed by atoms with Gasteiger partial charge in [-0.05, 0) is 25.8 Å². The minimum Gasteiger partial charge on any atom is -0.396 e. The Morgan fingerprint density at radius 1 is 1.53 bits per heavy atom. The van der Waals surface area contributed by atoms with Crippen LogP contribution in [0.3, 0.4) is 0 Å². The number of nitrogens with zero attached hydrogens (tertiary/aromatic N) is 3. The van der Waals surface area contributed by atoms with Gasteiger partial charge in [0.15, 0.2) is 0 Å². The van der Waals surface area contributed by atoms with Gasteiger partial charge in [0, 0.05) is 25.3 Å². The first-order chi connectivity index (χ1) is 9.17. The van der Waals surface area contributed by atoms with E-state index in [4.69, 9.17) is 5.73 Å². The first-order valence-electron chi connectivity index (χ1n) is 6.97. The number of aromatic nitrogens is 2. The molecule has 1 aliphatic rings. The lowest BCUT2D eigenvalue weighted by Gasteiger charge is -2.32. The number of hydrogen-bond acceptors (Lipinski definition) is 4. The van der Waals surface area contributed by atoms with Crippen LogP contribution < -0.4 is 11.1 Å². The molecule has 19 heavy (non-hydrogen) atoms. The van der Waals surface area contributed by atoms with Crippen LogP contribution >= 0.6 is 0 Å². The monoisotopic (exact) mass is 265 g/mol. The molecule has 1 fully saturated rings. The number of piperidine rings is 1. The smallest absolute Gasteiger partial charge is 0.241 e. The highest BCUT2D eigenvalue weighted by Crippen LogP contribution is 2.10. The summed E-state index contributed by atoms with van der Waals surface area (Å²) in [6.45, 7) is 5.75. The Labute approximate surface area is 113 Å². The van der Waals surface area contributed by atoms with Crippen molar-refractivity contribution < 1.29 is 4.79 Å². The van der Waals surface area contributed by atoms with E-state index < -0.39 is 0 Å². The van der Waals surface area contributed by atoms with Gasteiger partial charge < -0.3 is 16.0 Å². The highest BCUT2D eigenvalue weighted by Gasteiger charge is 2.20. The van der Waals surface area contributed by atoms with Crippen molar-refractivity contribution in [1.29, 1.82) is 0 Å². The molecule has 0 atom stereocenters. The van der Waals surface area contributed by atoms with E-state index in [0.717, 1.165) is 32.5 Å². The predicted octanol–water partition coefficient (Wildman–Crippen LogP) is 0.456. The molecule has 0 radical (unpaired) electrons. The number of hydrogen-bond donors (Lipinski definition) is 2. The normalized spacial score (nSPS) is 17.5. The van der Waals surface area contributed by atoms with Gasteiger partial charge in [-0.1, -0.05) is 6.92 Å². The van der Waals surface area contributed by atoms with Crippen molar-refractivity contribution in [3.63, 3.8) is 0 Å². The predicted molar refractivity (Wildman–Crippen MR) is 74.5 cm³/mol. The molecule has 0 saturated carbocycles. The summed E-state index contributed by atoms with van der Waals surface area (Å²) in [4.78, 5) is 14.3. The maximum Gasteiger partial charge on any atom is 0.241 e. The summed E-state index contributed by atoms with van der Waals surface area (Å²) >= 11 is 0. The Balaban J connectivity index is 1.71. The van der Waals surface area contributed by atoms with Gasteiger partial charge in [0.2, 0.25) is 5.91 Å². The standard InChI is InChI=1S/C13H23N5O/c1-2-5-17-6-3-12(4-7-17)16-13(19)10-18-9-11(14)8-15-18/h8-9,12H,2-7,10,14H2,1H3,(H,16,19). The van der Waals surface area contributed by atoms with Crippen molar-refractivity contribution >= 4 is 11.6 Å². The fourth-order valence-corrected chi connectivity index (χ4v) is 2.50. The van der Waals surface area contributed by atoms with E-state index in [1.165, 1.54) is 6.42 Å². The van der Waals surface area contributed by atoms with Gasteiger partial charge in [0.05, 0.1) is 11.9 Å². The summed E-state index contributed by atoms with van der Waals surface area (Å²) < 4.78 is 1.57. The van der Waals surface area contributed by atoms with Crippen molar-refractivity contribution in [1.82, 2.24) is 20.0 Å². The van der Waals surface area contributed by atoms with Gasteiger partial charge >= 0.3 is 0 Å². The first-order valence-corrected chi connectivity index (χ1v) is 6.97. The Bertz CT molecular complexity index is 409.